The van der Waals surface area contributed by atoms with E-state index in [2.05, 4.69) is 9.80 Å². The van der Waals surface area contributed by atoms with Gasteiger partial charge in [-0.3, -0.25) is 0 Å². The average molecular weight is 262 g/mol. The number of hydrogen-bond donors (Lipinski definition) is 1. The summed E-state index contributed by atoms with van der Waals surface area (Å²) in [6.45, 7) is 7.35. The smallest absolute Gasteiger partial charge is 0.0120 e. The number of nitrogens with zero attached hydrogens (tertiary/aromatic N) is 2. The van der Waals surface area contributed by atoms with Gasteiger partial charge in [-0.1, -0.05) is 6.42 Å². The summed E-state index contributed by atoms with van der Waals surface area (Å²) in [5.41, 5.74) is 5.55. The van der Waals surface area contributed by atoms with Crippen LogP contribution in [0.3, 0.4) is 0 Å². The fraction of sp³-hybridized carbons (Fsp3) is 1.00. The standard InChI is InChI=1S/C13H27N3.ClH/c14-7-4-8-15-11-5-13(6-12-15)16-9-2-1-3-10-16;/h13H,1-12,14H2;1H. The molecule has 2 saturated heterocycles. The molecule has 2 fully saturated rings. The van der Waals surface area contributed by atoms with E-state index in [1.165, 1.54) is 64.8 Å². The van der Waals surface area contributed by atoms with Crippen molar-refractivity contribution < 1.29 is 0 Å². The summed E-state index contributed by atoms with van der Waals surface area (Å²) in [7, 11) is 0. The highest BCUT2D eigenvalue weighted by Crippen LogP contribution is 2.20. The molecule has 2 rings (SSSR count). The summed E-state index contributed by atoms with van der Waals surface area (Å²) in [4.78, 5) is 5.33. The van der Waals surface area contributed by atoms with E-state index in [0.717, 1.165) is 19.0 Å². The zero-order valence-electron chi connectivity index (χ0n) is 10.9. The normalized spacial score (nSPS) is 24.5. The second-order valence-electron chi connectivity index (χ2n) is 5.31. The molecule has 0 spiro atoms. The van der Waals surface area contributed by atoms with Crippen LogP contribution in [-0.2, 0) is 0 Å². The summed E-state index contributed by atoms with van der Waals surface area (Å²) in [5, 5.41) is 0. The summed E-state index contributed by atoms with van der Waals surface area (Å²) in [6, 6.07) is 0.884. The van der Waals surface area contributed by atoms with Crippen LogP contribution in [0.4, 0.5) is 0 Å². The summed E-state index contributed by atoms with van der Waals surface area (Å²) >= 11 is 0. The van der Waals surface area contributed by atoms with Crippen molar-refractivity contribution in [1.82, 2.24) is 9.80 Å². The van der Waals surface area contributed by atoms with Crippen LogP contribution in [0.25, 0.3) is 0 Å². The predicted molar refractivity (Wildman–Crippen MR) is 75.8 cm³/mol. The summed E-state index contributed by atoms with van der Waals surface area (Å²) in [5.74, 6) is 0. The minimum Gasteiger partial charge on any atom is -0.330 e. The average Bonchev–Trinajstić information content (AvgIpc) is 2.38. The van der Waals surface area contributed by atoms with Gasteiger partial charge in [-0.15, -0.1) is 12.4 Å². The molecule has 0 bridgehead atoms. The van der Waals surface area contributed by atoms with Crippen LogP contribution in [0.15, 0.2) is 0 Å². The molecule has 2 aliphatic rings. The van der Waals surface area contributed by atoms with Crippen molar-refractivity contribution in [3.8, 4) is 0 Å². The van der Waals surface area contributed by atoms with Crippen molar-refractivity contribution >= 4 is 12.4 Å². The third-order valence-corrected chi connectivity index (χ3v) is 4.14. The quantitative estimate of drug-likeness (QED) is 0.836. The maximum absolute atomic E-state index is 5.55. The van der Waals surface area contributed by atoms with Gasteiger partial charge in [-0.2, -0.15) is 0 Å². The lowest BCUT2D eigenvalue weighted by molar-refractivity contribution is 0.0924. The van der Waals surface area contributed by atoms with E-state index in [0.29, 0.717) is 0 Å². The van der Waals surface area contributed by atoms with Crippen molar-refractivity contribution in [1.29, 1.82) is 0 Å². The Bertz CT molecular complexity index is 187. The molecule has 0 radical (unpaired) electrons. The van der Waals surface area contributed by atoms with Crippen LogP contribution >= 0.6 is 12.4 Å². The van der Waals surface area contributed by atoms with Crippen molar-refractivity contribution in [2.75, 3.05) is 39.3 Å². The molecule has 0 aliphatic carbocycles. The molecule has 0 aromatic carbocycles. The third kappa shape index (κ3) is 4.74. The van der Waals surface area contributed by atoms with E-state index in [1.807, 2.05) is 0 Å². The highest BCUT2D eigenvalue weighted by molar-refractivity contribution is 5.85. The Morgan fingerprint density at radius 1 is 0.941 bits per heavy atom. The molecule has 2 N–H and O–H groups in total. The van der Waals surface area contributed by atoms with E-state index >= 15 is 0 Å². The second-order valence-corrected chi connectivity index (χ2v) is 5.31. The van der Waals surface area contributed by atoms with E-state index < -0.39 is 0 Å². The van der Waals surface area contributed by atoms with Gasteiger partial charge in [-0.05, 0) is 71.4 Å². The Kier molecular flexibility index (Phi) is 7.44. The van der Waals surface area contributed by atoms with Gasteiger partial charge < -0.3 is 15.5 Å². The predicted octanol–water partition coefficient (Wildman–Crippen LogP) is 1.71. The van der Waals surface area contributed by atoms with Crippen molar-refractivity contribution in [2.24, 2.45) is 5.73 Å². The van der Waals surface area contributed by atoms with Gasteiger partial charge in [-0.25, -0.2) is 0 Å². The van der Waals surface area contributed by atoms with Gasteiger partial charge >= 0.3 is 0 Å². The van der Waals surface area contributed by atoms with Crippen LogP contribution in [0, 0.1) is 0 Å². The Hall–Kier alpha value is 0.170. The van der Waals surface area contributed by atoms with Gasteiger partial charge in [0.25, 0.3) is 0 Å². The topological polar surface area (TPSA) is 32.5 Å². The zero-order chi connectivity index (χ0) is 11.2. The Balaban J connectivity index is 0.00000144. The van der Waals surface area contributed by atoms with E-state index in [1.54, 1.807) is 0 Å². The molecular formula is C13H28ClN3. The maximum Gasteiger partial charge on any atom is 0.0120 e. The Morgan fingerprint density at radius 3 is 2.18 bits per heavy atom. The van der Waals surface area contributed by atoms with Crippen molar-refractivity contribution in [3.05, 3.63) is 0 Å². The van der Waals surface area contributed by atoms with Gasteiger partial charge in [0.15, 0.2) is 0 Å². The fourth-order valence-electron chi connectivity index (χ4n) is 3.11. The molecule has 4 heteroatoms. The minimum absolute atomic E-state index is 0. The lowest BCUT2D eigenvalue weighted by Gasteiger charge is -2.40. The third-order valence-electron chi connectivity index (χ3n) is 4.14. The SMILES string of the molecule is Cl.NCCCN1CCC(N2CCCCC2)CC1. The van der Waals surface area contributed by atoms with Crippen LogP contribution < -0.4 is 5.73 Å². The maximum atomic E-state index is 5.55. The van der Waals surface area contributed by atoms with Crippen LogP contribution in [0.1, 0.15) is 38.5 Å². The monoisotopic (exact) mass is 261 g/mol. The molecule has 102 valence electrons. The van der Waals surface area contributed by atoms with Gasteiger partial charge in [0.1, 0.15) is 0 Å². The molecule has 0 aromatic heterocycles. The molecular weight excluding hydrogens is 234 g/mol. The van der Waals surface area contributed by atoms with E-state index in [4.69, 9.17) is 5.73 Å². The molecule has 17 heavy (non-hydrogen) atoms. The number of nitrogens with two attached hydrogens (primary N) is 1. The Morgan fingerprint density at radius 2 is 1.59 bits per heavy atom. The lowest BCUT2D eigenvalue weighted by atomic mass is 10.00. The van der Waals surface area contributed by atoms with E-state index in [9.17, 15) is 0 Å². The molecule has 2 heterocycles. The zero-order valence-corrected chi connectivity index (χ0v) is 11.8. The van der Waals surface area contributed by atoms with Crippen LogP contribution in [0.2, 0.25) is 0 Å². The lowest BCUT2D eigenvalue weighted by Crippen LogP contribution is -2.46. The van der Waals surface area contributed by atoms with Gasteiger partial charge in [0.2, 0.25) is 0 Å². The first-order valence-corrected chi connectivity index (χ1v) is 7.06. The fourth-order valence-corrected chi connectivity index (χ4v) is 3.11. The highest BCUT2D eigenvalue weighted by Gasteiger charge is 2.24. The molecule has 0 atom stereocenters. The Labute approximate surface area is 112 Å². The number of likely N-dealkylation sites (tertiary alicyclic amines) is 2. The van der Waals surface area contributed by atoms with E-state index in [-0.39, 0.29) is 12.4 Å². The largest absolute Gasteiger partial charge is 0.330 e. The second kappa shape index (κ2) is 8.30. The first kappa shape index (κ1) is 15.2. The molecule has 0 aromatic rings. The van der Waals surface area contributed by atoms with Crippen LogP contribution in [-0.4, -0.2) is 55.1 Å². The molecule has 2 aliphatic heterocycles. The number of piperidine rings is 2. The minimum atomic E-state index is 0. The number of halogens is 1. The first-order chi connectivity index (χ1) is 7.90. The number of hydrogen-bond acceptors (Lipinski definition) is 3. The molecule has 3 nitrogen and oxygen atoms in total. The molecule has 0 amide bonds. The van der Waals surface area contributed by atoms with Crippen LogP contribution in [0.5, 0.6) is 0 Å². The van der Waals surface area contributed by atoms with Gasteiger partial charge in [0.05, 0.1) is 0 Å². The van der Waals surface area contributed by atoms with Crippen molar-refractivity contribution in [3.63, 3.8) is 0 Å². The molecule has 0 saturated carbocycles. The molecule has 0 unspecified atom stereocenters. The first-order valence-electron chi connectivity index (χ1n) is 7.06. The summed E-state index contributed by atoms with van der Waals surface area (Å²) < 4.78 is 0. The van der Waals surface area contributed by atoms with Gasteiger partial charge in [0, 0.05) is 6.04 Å². The number of rotatable bonds is 4. The summed E-state index contributed by atoms with van der Waals surface area (Å²) in [6.07, 6.45) is 8.22. The highest BCUT2D eigenvalue weighted by atomic mass is 35.5. The van der Waals surface area contributed by atoms with Crippen molar-refractivity contribution in [2.45, 2.75) is 44.6 Å².